The minimum atomic E-state index is -5.27. The van der Waals surface area contributed by atoms with Gasteiger partial charge in [0.2, 0.25) is 11.8 Å². The molecule has 3 atom stereocenters. The fraction of sp³-hybridized carbons (Fsp3) is 0.323. The summed E-state index contributed by atoms with van der Waals surface area (Å²) >= 11 is 5.89. The van der Waals surface area contributed by atoms with Crippen LogP contribution in [-0.2, 0) is 31.5 Å². The van der Waals surface area contributed by atoms with E-state index in [1.54, 1.807) is 0 Å². The van der Waals surface area contributed by atoms with Gasteiger partial charge in [0.05, 0.1) is 18.2 Å². The molecule has 0 bridgehead atoms. The monoisotopic (exact) mass is 668 g/mol. The number of methoxy groups -OCH3 is 1. The largest absolute Gasteiger partial charge is 0.497 e. The van der Waals surface area contributed by atoms with Crippen LogP contribution in [0.15, 0.2) is 73.1 Å². The van der Waals surface area contributed by atoms with Crippen molar-refractivity contribution in [1.29, 1.82) is 0 Å². The van der Waals surface area contributed by atoms with Crippen molar-refractivity contribution in [1.82, 2.24) is 20.9 Å². The molecule has 0 unspecified atom stereocenters. The highest BCUT2D eigenvalue weighted by molar-refractivity contribution is 6.31. The number of hydrogen-bond donors (Lipinski definition) is 3. The van der Waals surface area contributed by atoms with Gasteiger partial charge in [0, 0.05) is 24.4 Å². The van der Waals surface area contributed by atoms with Crippen molar-refractivity contribution in [2.75, 3.05) is 7.11 Å². The van der Waals surface area contributed by atoms with Crippen LogP contribution in [0.5, 0.6) is 5.75 Å². The lowest BCUT2D eigenvalue weighted by Gasteiger charge is -2.28. The van der Waals surface area contributed by atoms with Gasteiger partial charge < -0.3 is 20.7 Å². The van der Waals surface area contributed by atoms with Crippen molar-refractivity contribution < 1.29 is 45.9 Å². The number of hydrogen-bond acceptors (Lipinski definition) is 6. The van der Waals surface area contributed by atoms with E-state index in [9.17, 15) is 32.3 Å². The number of benzene rings is 2. The van der Waals surface area contributed by atoms with Gasteiger partial charge in [-0.25, -0.2) is 0 Å². The van der Waals surface area contributed by atoms with E-state index in [1.807, 2.05) is 5.32 Å². The third-order valence-electron chi connectivity index (χ3n) is 6.81. The van der Waals surface area contributed by atoms with E-state index in [4.69, 9.17) is 16.3 Å². The van der Waals surface area contributed by atoms with Crippen molar-refractivity contribution in [2.45, 2.75) is 50.5 Å². The molecular weight excluding hydrogens is 639 g/mol. The molecule has 0 aliphatic heterocycles. The zero-order valence-corrected chi connectivity index (χ0v) is 25.5. The molecule has 0 spiro atoms. The summed E-state index contributed by atoms with van der Waals surface area (Å²) in [7, 11) is 1.36. The maximum absolute atomic E-state index is 15.3. The van der Waals surface area contributed by atoms with Gasteiger partial charge in [-0.3, -0.25) is 24.2 Å². The highest BCUT2D eigenvalue weighted by atomic mass is 35.5. The van der Waals surface area contributed by atoms with E-state index < -0.39 is 70.2 Å². The number of pyridine rings is 1. The van der Waals surface area contributed by atoms with Gasteiger partial charge in [0.25, 0.3) is 11.7 Å². The Kier molecular flexibility index (Phi) is 11.8. The summed E-state index contributed by atoms with van der Waals surface area (Å²) in [5.74, 6) is -11.3. The predicted molar refractivity (Wildman–Crippen MR) is 157 cm³/mol. The smallest absolute Gasteiger partial charge is 0.452 e. The molecule has 3 aromatic rings. The predicted octanol–water partition coefficient (Wildman–Crippen LogP) is 4.69. The van der Waals surface area contributed by atoms with Crippen LogP contribution in [0.1, 0.15) is 36.6 Å². The lowest BCUT2D eigenvalue weighted by atomic mass is 9.97. The first kappa shape index (κ1) is 35.9. The Morgan fingerprint density at radius 3 is 2.07 bits per heavy atom. The van der Waals surface area contributed by atoms with E-state index in [2.05, 4.69) is 15.6 Å². The molecule has 9 nitrogen and oxygen atoms in total. The van der Waals surface area contributed by atoms with Crippen LogP contribution >= 0.6 is 11.6 Å². The Hall–Kier alpha value is -4.59. The summed E-state index contributed by atoms with van der Waals surface area (Å²) in [4.78, 5) is 56.1. The standard InChI is InChI=1S/C31H30ClF5N4O5/c1-17(2)24(26(42)31(35,36)37)40-28(44)25(19-10-12-20(46-3)13-11-19)41-27(43)23(15-18-7-6-14-38-16-18)39-29(45)30(33,34)21-8-4-5-9-22(21)32/h4-14,16-17,23-25H,15H2,1-3H3,(H,39,45)(H,40,44)(H,41,43)/t23-,24-,25-/m0/s1. The van der Waals surface area contributed by atoms with Crippen LogP contribution in [0.25, 0.3) is 0 Å². The summed E-state index contributed by atoms with van der Waals surface area (Å²) in [6.07, 6.45) is -2.91. The molecular formula is C31H30ClF5N4O5. The van der Waals surface area contributed by atoms with Crippen molar-refractivity contribution in [3.05, 3.63) is 94.8 Å². The molecule has 0 saturated carbocycles. The molecule has 0 aliphatic carbocycles. The number of Topliss-reactive ketones (excluding diaryl/α,β-unsaturated/α-hetero) is 1. The summed E-state index contributed by atoms with van der Waals surface area (Å²) in [6.45, 7) is 2.57. The number of amides is 3. The number of carbonyl (C=O) groups excluding carboxylic acids is 4. The molecule has 246 valence electrons. The van der Waals surface area contributed by atoms with Gasteiger partial charge in [-0.2, -0.15) is 22.0 Å². The fourth-order valence-corrected chi connectivity index (χ4v) is 4.59. The van der Waals surface area contributed by atoms with Crippen molar-refractivity contribution in [3.8, 4) is 5.75 Å². The second-order valence-electron chi connectivity index (χ2n) is 10.5. The average molecular weight is 669 g/mol. The number of nitrogens with one attached hydrogen (secondary N) is 3. The Morgan fingerprint density at radius 2 is 1.52 bits per heavy atom. The van der Waals surface area contributed by atoms with Crippen LogP contribution in [0.2, 0.25) is 5.02 Å². The Morgan fingerprint density at radius 1 is 0.870 bits per heavy atom. The Bertz CT molecular complexity index is 1540. The minimum absolute atomic E-state index is 0.0430. The Labute approximate surface area is 265 Å². The van der Waals surface area contributed by atoms with Crippen LogP contribution in [0.3, 0.4) is 0 Å². The minimum Gasteiger partial charge on any atom is -0.497 e. The molecule has 3 amide bonds. The maximum atomic E-state index is 15.3. The Balaban J connectivity index is 1.98. The lowest BCUT2D eigenvalue weighted by Crippen LogP contribution is -2.56. The molecule has 1 aromatic heterocycles. The number of aromatic nitrogens is 1. The first-order valence-electron chi connectivity index (χ1n) is 13.7. The molecule has 3 N–H and O–H groups in total. The number of ketones is 1. The number of carbonyl (C=O) groups is 4. The van der Waals surface area contributed by atoms with Gasteiger partial charge in [-0.1, -0.05) is 61.8 Å². The van der Waals surface area contributed by atoms with Crippen LogP contribution in [0.4, 0.5) is 22.0 Å². The zero-order chi connectivity index (χ0) is 34.2. The third-order valence-corrected chi connectivity index (χ3v) is 7.14. The summed E-state index contributed by atoms with van der Waals surface area (Å²) in [5, 5.41) is 5.98. The van der Waals surface area contributed by atoms with Gasteiger partial charge >= 0.3 is 12.1 Å². The number of ether oxygens (including phenoxy) is 1. The summed E-state index contributed by atoms with van der Waals surface area (Å²) in [6, 6.07) is 7.72. The second-order valence-corrected chi connectivity index (χ2v) is 10.9. The quantitative estimate of drug-likeness (QED) is 0.227. The summed E-state index contributed by atoms with van der Waals surface area (Å²) < 4.78 is 75.5. The van der Waals surface area contributed by atoms with Crippen LogP contribution in [0, 0.1) is 5.92 Å². The maximum Gasteiger partial charge on any atom is 0.452 e. The molecule has 1 heterocycles. The van der Waals surface area contributed by atoms with E-state index in [0.29, 0.717) is 11.3 Å². The highest BCUT2D eigenvalue weighted by Gasteiger charge is 2.46. The molecule has 0 saturated heterocycles. The van der Waals surface area contributed by atoms with Gasteiger partial charge in [0.15, 0.2) is 0 Å². The van der Waals surface area contributed by atoms with Gasteiger partial charge in [0.1, 0.15) is 17.8 Å². The number of alkyl halides is 5. The molecule has 3 rings (SSSR count). The second kappa shape index (κ2) is 15.1. The summed E-state index contributed by atoms with van der Waals surface area (Å²) in [5.41, 5.74) is -0.439. The van der Waals surface area contributed by atoms with Crippen molar-refractivity contribution >= 4 is 35.1 Å². The van der Waals surface area contributed by atoms with Gasteiger partial charge in [-0.05, 0) is 41.3 Å². The lowest BCUT2D eigenvalue weighted by molar-refractivity contribution is -0.175. The molecule has 15 heteroatoms. The van der Waals surface area contributed by atoms with E-state index in [-0.39, 0.29) is 12.0 Å². The van der Waals surface area contributed by atoms with Crippen LogP contribution < -0.4 is 20.7 Å². The molecule has 46 heavy (non-hydrogen) atoms. The number of rotatable bonds is 13. The van der Waals surface area contributed by atoms with E-state index in [1.165, 1.54) is 81.9 Å². The van der Waals surface area contributed by atoms with Crippen molar-refractivity contribution in [2.24, 2.45) is 5.92 Å². The van der Waals surface area contributed by atoms with Crippen LogP contribution in [-0.4, -0.2) is 53.9 Å². The first-order chi connectivity index (χ1) is 21.6. The molecule has 0 aliphatic rings. The number of halogens is 6. The van der Waals surface area contributed by atoms with Crippen molar-refractivity contribution in [3.63, 3.8) is 0 Å². The fourth-order valence-electron chi connectivity index (χ4n) is 4.34. The zero-order valence-electron chi connectivity index (χ0n) is 24.7. The topological polar surface area (TPSA) is 126 Å². The third kappa shape index (κ3) is 8.99. The molecule has 0 radical (unpaired) electrons. The average Bonchev–Trinajstić information content (AvgIpc) is 3.01. The SMILES string of the molecule is COc1ccc([C@H](NC(=O)[C@H](Cc2cccnc2)NC(=O)C(F)(F)c2ccccc2Cl)C(=O)N[C@H](C(=O)C(F)(F)F)C(C)C)cc1. The van der Waals surface area contributed by atoms with E-state index in [0.717, 1.165) is 12.1 Å². The highest BCUT2D eigenvalue weighted by Crippen LogP contribution is 2.33. The van der Waals surface area contributed by atoms with Gasteiger partial charge in [-0.15, -0.1) is 0 Å². The van der Waals surface area contributed by atoms with E-state index >= 15 is 8.78 Å². The molecule has 2 aromatic carbocycles. The molecule has 0 fully saturated rings. The normalized spacial score (nSPS) is 13.7. The number of nitrogens with zero attached hydrogens (tertiary/aromatic N) is 1. The first-order valence-corrected chi connectivity index (χ1v) is 14.1.